The van der Waals surface area contributed by atoms with E-state index in [0.717, 1.165) is 26.4 Å². The lowest BCUT2D eigenvalue weighted by atomic mass is 10.1. The first kappa shape index (κ1) is 18.9. The van der Waals surface area contributed by atoms with Gasteiger partial charge < -0.3 is 9.47 Å². The first-order chi connectivity index (χ1) is 9.41. The maximum Gasteiger partial charge on any atom is 0.0700 e. The Morgan fingerprint density at radius 2 is 0.789 bits per heavy atom. The number of unbranched alkanes of at least 4 members (excludes halogenated alkanes) is 9. The lowest BCUT2D eigenvalue weighted by molar-refractivity contribution is 0.0448. The zero-order valence-corrected chi connectivity index (χ0v) is 13.4. The third-order valence-corrected chi connectivity index (χ3v) is 3.41. The van der Waals surface area contributed by atoms with E-state index < -0.39 is 0 Å². The third-order valence-electron chi connectivity index (χ3n) is 3.41. The van der Waals surface area contributed by atoms with Crippen LogP contribution >= 0.6 is 0 Å². The summed E-state index contributed by atoms with van der Waals surface area (Å²) in [6, 6.07) is 0. The van der Waals surface area contributed by atoms with E-state index in [1.54, 1.807) is 0 Å². The van der Waals surface area contributed by atoms with Gasteiger partial charge in [-0.05, 0) is 12.8 Å². The molecule has 0 saturated carbocycles. The molecule has 0 aliphatic heterocycles. The molecule has 0 aliphatic carbocycles. The van der Waals surface area contributed by atoms with Crippen molar-refractivity contribution >= 4 is 0 Å². The van der Waals surface area contributed by atoms with E-state index >= 15 is 0 Å². The summed E-state index contributed by atoms with van der Waals surface area (Å²) in [5, 5.41) is 0. The van der Waals surface area contributed by atoms with Crippen LogP contribution in [0.4, 0.5) is 0 Å². The van der Waals surface area contributed by atoms with Crippen LogP contribution in [0.2, 0.25) is 0 Å². The van der Waals surface area contributed by atoms with Crippen LogP contribution in [0.25, 0.3) is 0 Å². The second kappa shape index (κ2) is 17.9. The molecule has 0 bridgehead atoms. The molecule has 0 radical (unpaired) electrons. The van der Waals surface area contributed by atoms with Crippen LogP contribution in [0.3, 0.4) is 0 Å². The minimum absolute atomic E-state index is 0.767. The zero-order valence-electron chi connectivity index (χ0n) is 13.4. The van der Waals surface area contributed by atoms with Crippen LogP contribution in [0, 0.1) is 0 Å². The fraction of sp³-hybridized carbons (Fsp3) is 1.00. The minimum Gasteiger partial charge on any atom is -0.379 e. The predicted octanol–water partition coefficient (Wildman–Crippen LogP) is 5.35. The van der Waals surface area contributed by atoms with E-state index in [0.29, 0.717) is 0 Å². The molecule has 0 heterocycles. The topological polar surface area (TPSA) is 18.5 Å². The molecule has 0 aromatic carbocycles. The van der Waals surface area contributed by atoms with Crippen molar-refractivity contribution in [1.82, 2.24) is 0 Å². The lowest BCUT2D eigenvalue weighted by Crippen LogP contribution is -2.06. The van der Waals surface area contributed by atoms with E-state index in [9.17, 15) is 0 Å². The van der Waals surface area contributed by atoms with Crippen molar-refractivity contribution in [2.75, 3.05) is 26.4 Å². The van der Waals surface area contributed by atoms with E-state index in [-0.39, 0.29) is 0 Å². The summed E-state index contributed by atoms with van der Waals surface area (Å²) in [6.07, 6.45) is 14.5. The smallest absolute Gasteiger partial charge is 0.0700 e. The largest absolute Gasteiger partial charge is 0.379 e. The summed E-state index contributed by atoms with van der Waals surface area (Å²) in [7, 11) is 0. The van der Waals surface area contributed by atoms with Crippen molar-refractivity contribution in [3.8, 4) is 0 Å². The van der Waals surface area contributed by atoms with Gasteiger partial charge in [0.25, 0.3) is 0 Å². The van der Waals surface area contributed by atoms with E-state index in [1.165, 1.54) is 70.6 Å². The van der Waals surface area contributed by atoms with Crippen molar-refractivity contribution in [3.05, 3.63) is 0 Å². The highest BCUT2D eigenvalue weighted by Crippen LogP contribution is 2.05. The highest BCUT2D eigenvalue weighted by atomic mass is 16.5. The van der Waals surface area contributed by atoms with E-state index in [4.69, 9.17) is 9.47 Å². The van der Waals surface area contributed by atoms with Gasteiger partial charge in [0.05, 0.1) is 13.2 Å². The zero-order chi connectivity index (χ0) is 14.0. The Hall–Kier alpha value is -0.0800. The number of rotatable bonds is 16. The molecule has 0 aromatic heterocycles. The number of ether oxygens (including phenoxy) is 2. The van der Waals surface area contributed by atoms with Crippen LogP contribution in [-0.2, 0) is 9.47 Å². The highest BCUT2D eigenvalue weighted by molar-refractivity contribution is 4.44. The molecule has 0 unspecified atom stereocenters. The third kappa shape index (κ3) is 17.9. The van der Waals surface area contributed by atoms with Gasteiger partial charge in [0.15, 0.2) is 0 Å². The highest BCUT2D eigenvalue weighted by Gasteiger charge is 1.93. The molecule has 2 nitrogen and oxygen atoms in total. The van der Waals surface area contributed by atoms with Crippen molar-refractivity contribution < 1.29 is 9.47 Å². The fourth-order valence-corrected chi connectivity index (χ4v) is 2.11. The molecular weight excluding hydrogens is 236 g/mol. The van der Waals surface area contributed by atoms with Gasteiger partial charge >= 0.3 is 0 Å². The Bertz CT molecular complexity index is 132. The normalized spacial score (nSPS) is 11.1. The van der Waals surface area contributed by atoms with Crippen molar-refractivity contribution in [1.29, 1.82) is 0 Å². The van der Waals surface area contributed by atoms with E-state index in [2.05, 4.69) is 13.8 Å². The molecule has 0 saturated heterocycles. The Kier molecular flexibility index (Phi) is 17.8. The SMILES string of the molecule is CCCCCCCCOCCOCCCCCCC. The van der Waals surface area contributed by atoms with Gasteiger partial charge in [-0.15, -0.1) is 0 Å². The summed E-state index contributed by atoms with van der Waals surface area (Å²) in [6.45, 7) is 7.86. The predicted molar refractivity (Wildman–Crippen MR) is 83.8 cm³/mol. The molecule has 0 atom stereocenters. The standard InChI is InChI=1S/C17H36O2/c1-3-5-7-9-11-13-15-19-17-16-18-14-12-10-8-6-4-2/h3-17H2,1-2H3. The van der Waals surface area contributed by atoms with Gasteiger partial charge in [0, 0.05) is 13.2 Å². The van der Waals surface area contributed by atoms with E-state index in [1.807, 2.05) is 0 Å². The molecule has 0 aliphatic rings. The van der Waals surface area contributed by atoms with Crippen molar-refractivity contribution in [3.63, 3.8) is 0 Å². The van der Waals surface area contributed by atoms with Crippen molar-refractivity contribution in [2.45, 2.75) is 84.5 Å². The van der Waals surface area contributed by atoms with Crippen LogP contribution in [0.5, 0.6) is 0 Å². The molecule has 0 spiro atoms. The maximum absolute atomic E-state index is 5.56. The molecule has 0 rings (SSSR count). The summed E-state index contributed by atoms with van der Waals surface area (Å²) in [5.41, 5.74) is 0. The molecule has 19 heavy (non-hydrogen) atoms. The first-order valence-corrected chi connectivity index (χ1v) is 8.57. The molecule has 2 heteroatoms. The van der Waals surface area contributed by atoms with Crippen LogP contribution < -0.4 is 0 Å². The second-order valence-electron chi connectivity index (χ2n) is 5.41. The van der Waals surface area contributed by atoms with Gasteiger partial charge in [0.2, 0.25) is 0 Å². The molecular formula is C17H36O2. The van der Waals surface area contributed by atoms with Crippen LogP contribution in [0.1, 0.15) is 84.5 Å². The second-order valence-corrected chi connectivity index (χ2v) is 5.41. The van der Waals surface area contributed by atoms with Gasteiger partial charge in [-0.2, -0.15) is 0 Å². The molecule has 116 valence electrons. The first-order valence-electron chi connectivity index (χ1n) is 8.57. The monoisotopic (exact) mass is 272 g/mol. The lowest BCUT2D eigenvalue weighted by Gasteiger charge is -2.06. The summed E-state index contributed by atoms with van der Waals surface area (Å²) in [4.78, 5) is 0. The maximum atomic E-state index is 5.56. The molecule has 0 N–H and O–H groups in total. The Morgan fingerprint density at radius 3 is 1.21 bits per heavy atom. The van der Waals surface area contributed by atoms with Gasteiger partial charge in [-0.3, -0.25) is 0 Å². The molecule has 0 aromatic rings. The summed E-state index contributed by atoms with van der Waals surface area (Å²) in [5.74, 6) is 0. The summed E-state index contributed by atoms with van der Waals surface area (Å²) < 4.78 is 11.1. The number of hydrogen-bond donors (Lipinski definition) is 0. The minimum atomic E-state index is 0.767. The summed E-state index contributed by atoms with van der Waals surface area (Å²) >= 11 is 0. The molecule has 0 fully saturated rings. The van der Waals surface area contributed by atoms with Gasteiger partial charge in [-0.1, -0.05) is 71.6 Å². The average Bonchev–Trinajstić information content (AvgIpc) is 2.43. The van der Waals surface area contributed by atoms with Crippen LogP contribution in [0.15, 0.2) is 0 Å². The van der Waals surface area contributed by atoms with Gasteiger partial charge in [-0.25, -0.2) is 0 Å². The number of hydrogen-bond acceptors (Lipinski definition) is 2. The Labute approximate surface area is 121 Å². The Balaban J connectivity index is 2.88. The Morgan fingerprint density at radius 1 is 0.421 bits per heavy atom. The average molecular weight is 272 g/mol. The molecule has 0 amide bonds. The quantitative estimate of drug-likeness (QED) is 0.353. The van der Waals surface area contributed by atoms with Gasteiger partial charge in [0.1, 0.15) is 0 Å². The van der Waals surface area contributed by atoms with Crippen molar-refractivity contribution in [2.24, 2.45) is 0 Å². The van der Waals surface area contributed by atoms with Crippen LogP contribution in [-0.4, -0.2) is 26.4 Å². The fourth-order valence-electron chi connectivity index (χ4n) is 2.11.